The zero-order chi connectivity index (χ0) is 20.3. The maximum atomic E-state index is 12.2. The van der Waals surface area contributed by atoms with Crippen LogP contribution >= 0.6 is 27.7 Å². The molecule has 0 aliphatic heterocycles. The zero-order valence-corrected chi connectivity index (χ0v) is 17.0. The monoisotopic (exact) mass is 462 g/mol. The van der Waals surface area contributed by atoms with Gasteiger partial charge in [0.05, 0.1) is 10.7 Å². The highest BCUT2D eigenvalue weighted by atomic mass is 79.9. The van der Waals surface area contributed by atoms with E-state index < -0.39 is 10.8 Å². The first kappa shape index (κ1) is 19.8. The summed E-state index contributed by atoms with van der Waals surface area (Å²) in [5.74, 6) is 6.06. The number of hydrogen-bond donors (Lipinski definition) is 2. The molecule has 9 nitrogen and oxygen atoms in total. The van der Waals surface area contributed by atoms with Gasteiger partial charge in [0, 0.05) is 16.1 Å². The summed E-state index contributed by atoms with van der Waals surface area (Å²) in [6.45, 7) is 1.74. The fraction of sp³-hybridized carbons (Fsp3) is 0.118. The molecule has 0 radical (unpaired) electrons. The van der Waals surface area contributed by atoms with Gasteiger partial charge in [-0.15, -0.1) is 10.2 Å². The average molecular weight is 463 g/mol. The number of nitrogens with two attached hydrogens (primary N) is 1. The van der Waals surface area contributed by atoms with Crippen molar-refractivity contribution >= 4 is 45.0 Å². The number of rotatable bonds is 6. The number of benzene rings is 2. The molecule has 0 saturated carbocycles. The number of amides is 1. The third-order valence-corrected chi connectivity index (χ3v) is 5.37. The Labute approximate surface area is 172 Å². The minimum atomic E-state index is -0.531. The van der Waals surface area contributed by atoms with Gasteiger partial charge in [0.25, 0.3) is 5.69 Å². The molecule has 0 fully saturated rings. The van der Waals surface area contributed by atoms with Crippen LogP contribution in [0, 0.1) is 17.0 Å². The lowest BCUT2D eigenvalue weighted by molar-refractivity contribution is -0.384. The molecule has 28 heavy (non-hydrogen) atoms. The highest BCUT2D eigenvalue weighted by Crippen LogP contribution is 2.28. The summed E-state index contributed by atoms with van der Waals surface area (Å²) >= 11 is 4.52. The van der Waals surface area contributed by atoms with Gasteiger partial charge in [-0.2, -0.15) is 0 Å². The van der Waals surface area contributed by atoms with Crippen molar-refractivity contribution in [1.82, 2.24) is 14.9 Å². The number of thioether (sulfide) groups is 1. The van der Waals surface area contributed by atoms with E-state index in [1.54, 1.807) is 13.0 Å². The molecule has 0 saturated heterocycles. The van der Waals surface area contributed by atoms with Crippen LogP contribution in [0.25, 0.3) is 11.4 Å². The Morgan fingerprint density at radius 1 is 1.32 bits per heavy atom. The number of hydrogen-bond acceptors (Lipinski definition) is 7. The van der Waals surface area contributed by atoms with Crippen molar-refractivity contribution < 1.29 is 9.72 Å². The number of nitrogens with one attached hydrogen (secondary N) is 1. The molecule has 1 aromatic heterocycles. The summed E-state index contributed by atoms with van der Waals surface area (Å²) in [4.78, 5) is 22.8. The topological polar surface area (TPSA) is 129 Å². The van der Waals surface area contributed by atoms with E-state index in [2.05, 4.69) is 31.4 Å². The fourth-order valence-electron chi connectivity index (χ4n) is 2.42. The van der Waals surface area contributed by atoms with Crippen LogP contribution in [-0.2, 0) is 4.79 Å². The van der Waals surface area contributed by atoms with Gasteiger partial charge in [-0.25, -0.2) is 4.68 Å². The molecule has 0 aliphatic carbocycles. The molecule has 3 rings (SSSR count). The van der Waals surface area contributed by atoms with E-state index in [0.717, 1.165) is 27.4 Å². The van der Waals surface area contributed by atoms with Crippen molar-refractivity contribution in [3.8, 4) is 11.4 Å². The highest BCUT2D eigenvalue weighted by molar-refractivity contribution is 9.10. The number of nitrogens with zero attached hydrogens (tertiary/aromatic N) is 4. The molecule has 0 atom stereocenters. The smallest absolute Gasteiger partial charge is 0.293 e. The number of nitro groups is 1. The molecule has 0 aliphatic rings. The first-order valence-corrected chi connectivity index (χ1v) is 9.77. The largest absolute Gasteiger partial charge is 0.335 e. The van der Waals surface area contributed by atoms with Crippen molar-refractivity contribution in [2.45, 2.75) is 12.1 Å². The Morgan fingerprint density at radius 2 is 2.07 bits per heavy atom. The lowest BCUT2D eigenvalue weighted by Crippen LogP contribution is -2.17. The van der Waals surface area contributed by atoms with Crippen molar-refractivity contribution in [2.24, 2.45) is 0 Å². The molecule has 144 valence electrons. The zero-order valence-electron chi connectivity index (χ0n) is 14.6. The number of aryl methyl sites for hydroxylation is 1. The van der Waals surface area contributed by atoms with Crippen LogP contribution in [-0.4, -0.2) is 31.5 Å². The van der Waals surface area contributed by atoms with Gasteiger partial charge in [-0.05, 0) is 30.7 Å². The Kier molecular flexibility index (Phi) is 5.95. The SMILES string of the molecule is Cc1ccc(NC(=O)CSc2nnc(-c3ccccc3Br)n2N)c([N+](=O)[O-])c1. The third kappa shape index (κ3) is 4.31. The molecule has 2 aromatic carbocycles. The van der Waals surface area contributed by atoms with Crippen molar-refractivity contribution in [2.75, 3.05) is 16.9 Å². The number of nitrogen functional groups attached to an aromatic ring is 1. The van der Waals surface area contributed by atoms with Crippen LogP contribution in [0.2, 0.25) is 0 Å². The summed E-state index contributed by atoms with van der Waals surface area (Å²) in [5.41, 5.74) is 1.49. The van der Waals surface area contributed by atoms with Crippen LogP contribution in [0.3, 0.4) is 0 Å². The van der Waals surface area contributed by atoms with Crippen LogP contribution in [0.4, 0.5) is 11.4 Å². The van der Waals surface area contributed by atoms with E-state index in [9.17, 15) is 14.9 Å². The fourth-order valence-corrected chi connectivity index (χ4v) is 3.54. The average Bonchev–Trinajstić information content (AvgIpc) is 3.02. The highest BCUT2D eigenvalue weighted by Gasteiger charge is 2.18. The molecule has 3 aromatic rings. The molecular formula is C17H15BrN6O3S. The lowest BCUT2D eigenvalue weighted by atomic mass is 10.2. The van der Waals surface area contributed by atoms with Crippen LogP contribution in [0.1, 0.15) is 5.56 Å². The van der Waals surface area contributed by atoms with Crippen LogP contribution in [0.5, 0.6) is 0 Å². The van der Waals surface area contributed by atoms with Crippen LogP contribution < -0.4 is 11.2 Å². The Bertz CT molecular complexity index is 1060. The summed E-state index contributed by atoms with van der Waals surface area (Å²) in [5, 5.41) is 22.1. The molecule has 0 bridgehead atoms. The molecule has 0 spiro atoms. The minimum absolute atomic E-state index is 0.0314. The van der Waals surface area contributed by atoms with Gasteiger partial charge in [0.1, 0.15) is 5.69 Å². The van der Waals surface area contributed by atoms with Gasteiger partial charge >= 0.3 is 0 Å². The van der Waals surface area contributed by atoms with E-state index in [1.807, 2.05) is 24.3 Å². The quantitative estimate of drug-likeness (QED) is 0.248. The second-order valence-electron chi connectivity index (χ2n) is 5.77. The van der Waals surface area contributed by atoms with Gasteiger partial charge in [0.2, 0.25) is 11.1 Å². The third-order valence-electron chi connectivity index (χ3n) is 3.74. The molecule has 11 heteroatoms. The van der Waals surface area contributed by atoms with E-state index >= 15 is 0 Å². The van der Waals surface area contributed by atoms with Crippen molar-refractivity contribution in [3.05, 3.63) is 62.6 Å². The number of nitro benzene ring substituents is 1. The molecule has 3 N–H and O–H groups in total. The molecule has 0 unspecified atom stereocenters. The summed E-state index contributed by atoms with van der Waals surface area (Å²) in [6, 6.07) is 12.0. The van der Waals surface area contributed by atoms with E-state index in [4.69, 9.17) is 5.84 Å². The number of anilines is 1. The van der Waals surface area contributed by atoms with Crippen molar-refractivity contribution in [1.29, 1.82) is 0 Å². The maximum Gasteiger partial charge on any atom is 0.293 e. The second kappa shape index (κ2) is 8.40. The minimum Gasteiger partial charge on any atom is -0.335 e. The van der Waals surface area contributed by atoms with E-state index in [0.29, 0.717) is 11.0 Å². The Balaban J connectivity index is 1.70. The van der Waals surface area contributed by atoms with Gasteiger partial charge in [0.15, 0.2) is 5.82 Å². The first-order chi connectivity index (χ1) is 13.4. The number of carbonyl (C=O) groups excluding carboxylic acids is 1. The van der Waals surface area contributed by atoms with E-state index in [1.165, 1.54) is 16.8 Å². The molecule has 1 amide bonds. The van der Waals surface area contributed by atoms with Gasteiger partial charge < -0.3 is 11.2 Å². The van der Waals surface area contributed by atoms with Gasteiger partial charge in [-0.1, -0.05) is 45.9 Å². The Hall–Kier alpha value is -2.92. The summed E-state index contributed by atoms with van der Waals surface area (Å²) in [6.07, 6.45) is 0. The summed E-state index contributed by atoms with van der Waals surface area (Å²) < 4.78 is 2.11. The normalized spacial score (nSPS) is 10.6. The number of halogens is 1. The van der Waals surface area contributed by atoms with Gasteiger partial charge in [-0.3, -0.25) is 14.9 Å². The summed E-state index contributed by atoms with van der Waals surface area (Å²) in [7, 11) is 0. The number of aromatic nitrogens is 3. The number of carbonyl (C=O) groups is 1. The Morgan fingerprint density at radius 3 is 2.79 bits per heavy atom. The molecule has 1 heterocycles. The van der Waals surface area contributed by atoms with Crippen LogP contribution in [0.15, 0.2) is 52.1 Å². The standard InChI is InChI=1S/C17H15BrN6O3S/c1-10-6-7-13(14(8-10)24(26)27)20-15(25)9-28-17-22-21-16(23(17)19)11-4-2-3-5-12(11)18/h2-8H,9,19H2,1H3,(H,20,25). The van der Waals surface area contributed by atoms with E-state index in [-0.39, 0.29) is 17.1 Å². The first-order valence-electron chi connectivity index (χ1n) is 8.00. The predicted molar refractivity (Wildman–Crippen MR) is 110 cm³/mol. The van der Waals surface area contributed by atoms with Crippen molar-refractivity contribution in [3.63, 3.8) is 0 Å². The lowest BCUT2D eigenvalue weighted by Gasteiger charge is -2.07. The maximum absolute atomic E-state index is 12.2. The predicted octanol–water partition coefficient (Wildman–Crippen LogP) is 3.37. The molecular weight excluding hydrogens is 448 g/mol. The second-order valence-corrected chi connectivity index (χ2v) is 7.57.